The van der Waals surface area contributed by atoms with E-state index in [1.54, 1.807) is 12.1 Å². The van der Waals surface area contributed by atoms with Crippen LogP contribution in [0.3, 0.4) is 0 Å². The van der Waals surface area contributed by atoms with Crippen LogP contribution in [-0.4, -0.2) is 52.1 Å². The van der Waals surface area contributed by atoms with Crippen molar-refractivity contribution in [2.24, 2.45) is 10.3 Å². The summed E-state index contributed by atoms with van der Waals surface area (Å²) in [5.41, 5.74) is 1.70. The fourth-order valence-electron chi connectivity index (χ4n) is 5.41. The zero-order chi connectivity index (χ0) is 29.6. The van der Waals surface area contributed by atoms with Crippen molar-refractivity contribution in [3.8, 4) is 5.75 Å². The number of rotatable bonds is 7. The molecule has 224 valence electrons. The first-order valence-corrected chi connectivity index (χ1v) is 15.8. The Bertz CT molecular complexity index is 1680. The van der Waals surface area contributed by atoms with Crippen molar-refractivity contribution < 1.29 is 32.0 Å². The highest BCUT2D eigenvalue weighted by atomic mass is 35.5. The van der Waals surface area contributed by atoms with E-state index < -0.39 is 40.2 Å². The molecule has 1 aliphatic carbocycles. The number of alkyl halides is 3. The molecule has 7 nitrogen and oxygen atoms in total. The van der Waals surface area contributed by atoms with Gasteiger partial charge in [-0.2, -0.15) is 0 Å². The number of ether oxygens (including phenoxy) is 2. The number of nitrogens with one attached hydrogen (secondary N) is 1. The van der Waals surface area contributed by atoms with Crippen molar-refractivity contribution in [2.75, 3.05) is 19.8 Å². The molecule has 2 aliphatic rings. The van der Waals surface area contributed by atoms with E-state index in [9.17, 15) is 22.5 Å². The predicted octanol–water partition coefficient (Wildman–Crippen LogP) is 7.13. The summed E-state index contributed by atoms with van der Waals surface area (Å²) in [6, 6.07) is 14.6. The van der Waals surface area contributed by atoms with Crippen molar-refractivity contribution >= 4 is 54.9 Å². The molecule has 1 saturated heterocycles. The molecule has 2 fully saturated rings. The first-order chi connectivity index (χ1) is 20.0. The molecule has 1 aromatic heterocycles. The summed E-state index contributed by atoms with van der Waals surface area (Å²) >= 11 is 12.7. The van der Waals surface area contributed by atoms with Gasteiger partial charge >= 0.3 is 6.36 Å². The third-order valence-corrected chi connectivity index (χ3v) is 10.1. The second-order valence-electron chi connectivity index (χ2n) is 10.6. The van der Waals surface area contributed by atoms with E-state index in [0.29, 0.717) is 35.5 Å². The van der Waals surface area contributed by atoms with E-state index in [4.69, 9.17) is 27.9 Å². The van der Waals surface area contributed by atoms with Gasteiger partial charge in [0, 0.05) is 38.5 Å². The van der Waals surface area contributed by atoms with E-state index in [1.165, 1.54) is 12.1 Å². The van der Waals surface area contributed by atoms with Crippen molar-refractivity contribution in [1.82, 2.24) is 9.29 Å². The number of nitrogens with zero attached hydrogens (tertiary/aromatic N) is 2. The molecule has 4 aromatic rings. The van der Waals surface area contributed by atoms with Crippen molar-refractivity contribution in [1.29, 1.82) is 0 Å². The lowest BCUT2D eigenvalue weighted by molar-refractivity contribution is -0.274. The maximum Gasteiger partial charge on any atom is 0.573 e. The number of halogens is 5. The number of benzene rings is 3. The lowest BCUT2D eigenvalue weighted by Crippen LogP contribution is -2.48. The summed E-state index contributed by atoms with van der Waals surface area (Å²) in [4.78, 5) is 0.187. The molecule has 1 saturated carbocycles. The second-order valence-corrected chi connectivity index (χ2v) is 13.5. The van der Waals surface area contributed by atoms with Crippen LogP contribution in [0.1, 0.15) is 25.3 Å². The Labute approximate surface area is 250 Å². The molecule has 2 heterocycles. The van der Waals surface area contributed by atoms with Crippen LogP contribution < -0.4 is 9.46 Å². The Morgan fingerprint density at radius 3 is 2.19 bits per heavy atom. The fourth-order valence-corrected chi connectivity index (χ4v) is 7.66. The van der Waals surface area contributed by atoms with Gasteiger partial charge in [-0.3, -0.25) is 0 Å². The van der Waals surface area contributed by atoms with Gasteiger partial charge in [-0.1, -0.05) is 23.2 Å². The van der Waals surface area contributed by atoms with Gasteiger partial charge in [-0.25, -0.2) is 13.3 Å². The van der Waals surface area contributed by atoms with Gasteiger partial charge in [0.1, 0.15) is 15.7 Å². The molecular formula is C29H28Cl2F3N3O4S. The highest BCUT2D eigenvalue weighted by Crippen LogP contribution is 2.38. The largest absolute Gasteiger partial charge is 0.573 e. The minimum Gasteiger partial charge on any atom is -0.406 e. The normalized spacial score (nSPS) is 23.0. The third-order valence-electron chi connectivity index (χ3n) is 7.62. The van der Waals surface area contributed by atoms with Crippen LogP contribution in [0.15, 0.2) is 69.9 Å². The summed E-state index contributed by atoms with van der Waals surface area (Å²) in [6.45, 7) is 0.720. The van der Waals surface area contributed by atoms with Crippen molar-refractivity contribution in [2.45, 2.75) is 48.7 Å². The summed E-state index contributed by atoms with van der Waals surface area (Å²) in [5, 5.41) is 14.7. The third kappa shape index (κ3) is 6.22. The molecule has 1 aliphatic heterocycles. The van der Waals surface area contributed by atoms with Gasteiger partial charge in [0.25, 0.3) is 0 Å². The van der Waals surface area contributed by atoms with Gasteiger partial charge in [0.2, 0.25) is 0 Å². The van der Waals surface area contributed by atoms with Crippen LogP contribution >= 0.6 is 23.2 Å². The first kappa shape index (κ1) is 29.5. The molecule has 42 heavy (non-hydrogen) atoms. The molecule has 0 amide bonds. The van der Waals surface area contributed by atoms with Crippen LogP contribution in [0, 0.1) is 5.92 Å². The number of hydrogen-bond acceptors (Lipinski definition) is 5. The van der Waals surface area contributed by atoms with E-state index in [2.05, 4.69) is 13.8 Å². The maximum absolute atomic E-state index is 14.4. The average Bonchev–Trinajstić information content (AvgIpc) is 3.74. The van der Waals surface area contributed by atoms with Crippen molar-refractivity contribution in [3.05, 3.63) is 70.7 Å². The molecule has 4 atom stereocenters. The second kappa shape index (κ2) is 11.5. The van der Waals surface area contributed by atoms with E-state index in [1.807, 2.05) is 28.8 Å². The maximum atomic E-state index is 14.4. The zero-order valence-corrected chi connectivity index (χ0v) is 24.5. The molecule has 1 unspecified atom stereocenters. The van der Waals surface area contributed by atoms with E-state index in [0.717, 1.165) is 46.8 Å². The molecule has 0 radical (unpaired) electrons. The summed E-state index contributed by atoms with van der Waals surface area (Å²) in [6.07, 6.45) is -3.51. The molecule has 0 bridgehead atoms. The van der Waals surface area contributed by atoms with Crippen molar-refractivity contribution in [3.63, 3.8) is 0 Å². The minimum absolute atomic E-state index is 0.0532. The minimum atomic E-state index is -4.85. The summed E-state index contributed by atoms with van der Waals surface area (Å²) < 4.78 is 72.0. The first-order valence-electron chi connectivity index (χ1n) is 13.5. The lowest BCUT2D eigenvalue weighted by atomic mass is 10.0. The standard InChI is InChI=1S/C29H28Cl2F3N3O4S/c30-18-3-9-25-22(13-18)23-14-19(31)4-10-26(23)37(25)27-11-12-40-16-24(28(27)38)36-42(39,35-15-17-1-2-17)21-7-5-20(6-8-21)41-29(32,33)34/h3-10,13-14,17,24,27-28,38H,1-2,11-12,15-16H2,(H,35,36,39)/t24-,27-,28-,42?/m1/s1. The Hall–Kier alpha value is -2.54. The smallest absolute Gasteiger partial charge is 0.406 e. The topological polar surface area (TPSA) is 85.1 Å². The van der Waals surface area contributed by atoms with Gasteiger partial charge < -0.3 is 19.1 Å². The SMILES string of the molecule is O=S(=NCC1CC1)(N[C@@H]1COCC[C@@H](n2c3ccc(Cl)cc3c3cc(Cl)ccc32)[C@@H]1O)c1ccc(OC(F)(F)F)cc1. The Balaban J connectivity index is 1.37. The van der Waals surface area contributed by atoms with Crippen LogP contribution in [-0.2, 0) is 14.7 Å². The fraction of sp³-hybridized carbons (Fsp3) is 0.379. The van der Waals surface area contributed by atoms with Crippen LogP contribution in [0.25, 0.3) is 21.8 Å². The number of hydrogen-bond donors (Lipinski definition) is 2. The molecule has 2 N–H and O–H groups in total. The van der Waals surface area contributed by atoms with E-state index >= 15 is 0 Å². The van der Waals surface area contributed by atoms with Gasteiger partial charge in [0.05, 0.1) is 36.2 Å². The molecule has 6 rings (SSSR count). The van der Waals surface area contributed by atoms with Crippen LogP contribution in [0.2, 0.25) is 10.0 Å². The van der Waals surface area contributed by atoms with Gasteiger partial charge in [-0.15, -0.1) is 13.2 Å². The number of aliphatic hydroxyl groups is 1. The zero-order valence-electron chi connectivity index (χ0n) is 22.2. The Morgan fingerprint density at radius 2 is 1.62 bits per heavy atom. The monoisotopic (exact) mass is 641 g/mol. The van der Waals surface area contributed by atoms with Crippen LogP contribution in [0.4, 0.5) is 13.2 Å². The molecule has 13 heteroatoms. The highest BCUT2D eigenvalue weighted by molar-refractivity contribution is 7.91. The number of aromatic nitrogens is 1. The average molecular weight is 643 g/mol. The predicted molar refractivity (Wildman–Crippen MR) is 156 cm³/mol. The van der Waals surface area contributed by atoms with Crippen LogP contribution in [0.5, 0.6) is 5.75 Å². The number of fused-ring (bicyclic) bond motifs is 3. The summed E-state index contributed by atoms with van der Waals surface area (Å²) in [5.74, 6) is -0.126. The van der Waals surface area contributed by atoms with E-state index in [-0.39, 0.29) is 11.5 Å². The number of aliphatic hydroxyl groups excluding tert-OH is 1. The molecular weight excluding hydrogens is 614 g/mol. The van der Waals surface area contributed by atoms with Gasteiger partial charge in [0.15, 0.2) is 0 Å². The Kier molecular flexibility index (Phi) is 8.10. The highest BCUT2D eigenvalue weighted by Gasteiger charge is 2.36. The lowest BCUT2D eigenvalue weighted by Gasteiger charge is -2.30. The van der Waals surface area contributed by atoms with Gasteiger partial charge in [-0.05, 0) is 85.8 Å². The quantitative estimate of drug-likeness (QED) is 0.225. The summed E-state index contributed by atoms with van der Waals surface area (Å²) in [7, 11) is -3.37. The Morgan fingerprint density at radius 1 is 1.00 bits per heavy atom. The molecule has 3 aromatic carbocycles. The molecule has 0 spiro atoms.